The van der Waals surface area contributed by atoms with Gasteiger partial charge < -0.3 is 10.6 Å². The molecule has 2 N–H and O–H groups in total. The minimum Gasteiger partial charge on any atom is -0.397 e. The second-order valence-corrected chi connectivity index (χ2v) is 4.58. The second-order valence-electron chi connectivity index (χ2n) is 4.58. The molecule has 1 aliphatic rings. The maximum atomic E-state index is 13.8. The third-order valence-electron chi connectivity index (χ3n) is 3.13. The van der Waals surface area contributed by atoms with Gasteiger partial charge in [-0.15, -0.1) is 0 Å². The smallest absolute Gasteiger partial charge is 0.184 e. The van der Waals surface area contributed by atoms with Gasteiger partial charge in [0.2, 0.25) is 0 Å². The third kappa shape index (κ3) is 2.51. The summed E-state index contributed by atoms with van der Waals surface area (Å²) in [6, 6.07) is 2.86. The Kier molecular flexibility index (Phi) is 3.50. The molecule has 2 rings (SSSR count). The fourth-order valence-corrected chi connectivity index (χ4v) is 2.04. The topological polar surface area (TPSA) is 29.3 Å². The van der Waals surface area contributed by atoms with Gasteiger partial charge in [0.15, 0.2) is 11.6 Å². The maximum absolute atomic E-state index is 13.8. The highest BCUT2D eigenvalue weighted by molar-refractivity contribution is 5.69. The summed E-state index contributed by atoms with van der Waals surface area (Å²) in [5, 5.41) is 0. The van der Waals surface area contributed by atoms with Crippen molar-refractivity contribution in [3.8, 4) is 0 Å². The summed E-state index contributed by atoms with van der Waals surface area (Å²) in [6.07, 6.45) is 4.07. The molecule has 1 aliphatic carbocycles. The molecule has 1 fully saturated rings. The van der Waals surface area contributed by atoms with E-state index >= 15 is 0 Å². The van der Waals surface area contributed by atoms with Gasteiger partial charge in [0.05, 0.1) is 11.4 Å². The van der Waals surface area contributed by atoms with E-state index in [-0.39, 0.29) is 5.69 Å². The molecule has 94 valence electrons. The monoisotopic (exact) mass is 240 g/mol. The Morgan fingerprint density at radius 1 is 1.35 bits per heavy atom. The van der Waals surface area contributed by atoms with Crippen LogP contribution in [0.3, 0.4) is 0 Å². The van der Waals surface area contributed by atoms with Crippen LogP contribution >= 0.6 is 0 Å². The Balaban J connectivity index is 2.31. The first kappa shape index (κ1) is 12.1. The lowest BCUT2D eigenvalue weighted by atomic mass is 10.2. The highest BCUT2D eigenvalue weighted by Crippen LogP contribution is 2.37. The van der Waals surface area contributed by atoms with Crippen molar-refractivity contribution in [1.29, 1.82) is 0 Å². The molecule has 0 atom stereocenters. The van der Waals surface area contributed by atoms with Gasteiger partial charge in [-0.2, -0.15) is 0 Å². The molecule has 1 aromatic carbocycles. The van der Waals surface area contributed by atoms with Crippen LogP contribution in [-0.2, 0) is 0 Å². The zero-order valence-corrected chi connectivity index (χ0v) is 10.0. The van der Waals surface area contributed by atoms with Crippen molar-refractivity contribution in [2.45, 2.75) is 38.6 Å². The van der Waals surface area contributed by atoms with E-state index < -0.39 is 11.6 Å². The predicted molar refractivity (Wildman–Crippen MR) is 66.0 cm³/mol. The average molecular weight is 240 g/mol. The van der Waals surface area contributed by atoms with Crippen molar-refractivity contribution in [2.24, 2.45) is 0 Å². The van der Waals surface area contributed by atoms with E-state index in [4.69, 9.17) is 5.73 Å². The number of benzene rings is 1. The van der Waals surface area contributed by atoms with Gasteiger partial charge >= 0.3 is 0 Å². The van der Waals surface area contributed by atoms with Crippen LogP contribution in [0.5, 0.6) is 0 Å². The van der Waals surface area contributed by atoms with Gasteiger partial charge in [-0.3, -0.25) is 0 Å². The number of unbranched alkanes of at least 4 members (excludes halogenated alkanes) is 1. The minimum absolute atomic E-state index is 0.251. The summed E-state index contributed by atoms with van der Waals surface area (Å²) >= 11 is 0. The Labute approximate surface area is 100 Å². The van der Waals surface area contributed by atoms with Crippen LogP contribution in [0.25, 0.3) is 0 Å². The Morgan fingerprint density at radius 2 is 2.06 bits per heavy atom. The highest BCUT2D eigenvalue weighted by atomic mass is 19.2. The van der Waals surface area contributed by atoms with Crippen molar-refractivity contribution < 1.29 is 8.78 Å². The normalized spacial score (nSPS) is 15.0. The van der Waals surface area contributed by atoms with Gasteiger partial charge in [-0.05, 0) is 31.4 Å². The first-order valence-corrected chi connectivity index (χ1v) is 6.15. The number of halogens is 2. The first-order valence-electron chi connectivity index (χ1n) is 6.15. The van der Waals surface area contributed by atoms with Crippen molar-refractivity contribution in [2.75, 3.05) is 17.2 Å². The molecule has 0 unspecified atom stereocenters. The van der Waals surface area contributed by atoms with Gasteiger partial charge in [-0.25, -0.2) is 8.78 Å². The van der Waals surface area contributed by atoms with Crippen molar-refractivity contribution in [1.82, 2.24) is 0 Å². The molecule has 0 bridgehead atoms. The Hall–Kier alpha value is -1.32. The largest absolute Gasteiger partial charge is 0.397 e. The summed E-state index contributed by atoms with van der Waals surface area (Å²) in [4.78, 5) is 1.93. The number of rotatable bonds is 5. The van der Waals surface area contributed by atoms with Gasteiger partial charge in [-0.1, -0.05) is 13.3 Å². The fraction of sp³-hybridized carbons (Fsp3) is 0.538. The van der Waals surface area contributed by atoms with Crippen LogP contribution < -0.4 is 10.6 Å². The molecule has 0 amide bonds. The number of anilines is 2. The van der Waals surface area contributed by atoms with Crippen LogP contribution in [0, 0.1) is 11.6 Å². The van der Waals surface area contributed by atoms with E-state index in [1.807, 2.05) is 4.90 Å². The molecule has 4 heteroatoms. The standard InChI is InChI=1S/C13H18F2N2/c1-2-3-8-17(9-4-5-9)13-11(16)7-6-10(14)12(13)15/h6-7,9H,2-5,8,16H2,1H3. The van der Waals surface area contributed by atoms with Crippen LogP contribution in [0.4, 0.5) is 20.2 Å². The van der Waals surface area contributed by atoms with E-state index in [9.17, 15) is 8.78 Å². The first-order chi connectivity index (χ1) is 8.15. The molecule has 0 heterocycles. The zero-order valence-electron chi connectivity index (χ0n) is 10.0. The minimum atomic E-state index is -0.823. The predicted octanol–water partition coefficient (Wildman–Crippen LogP) is 3.32. The SMILES string of the molecule is CCCCN(c1c(N)ccc(F)c1F)C1CC1. The number of nitrogens with two attached hydrogens (primary N) is 1. The van der Waals surface area contributed by atoms with Gasteiger partial charge in [0.25, 0.3) is 0 Å². The quantitative estimate of drug-likeness (QED) is 0.800. The summed E-state index contributed by atoms with van der Waals surface area (Å²) in [5.41, 5.74) is 6.36. The number of hydrogen-bond donors (Lipinski definition) is 1. The molecule has 2 nitrogen and oxygen atoms in total. The lowest BCUT2D eigenvalue weighted by molar-refractivity contribution is 0.505. The molecule has 0 radical (unpaired) electrons. The third-order valence-corrected chi connectivity index (χ3v) is 3.13. The Morgan fingerprint density at radius 3 is 2.65 bits per heavy atom. The van der Waals surface area contributed by atoms with Crippen LogP contribution in [-0.4, -0.2) is 12.6 Å². The zero-order chi connectivity index (χ0) is 12.4. The molecule has 0 aromatic heterocycles. The van der Waals surface area contributed by atoms with Crippen LogP contribution in [0.1, 0.15) is 32.6 Å². The molecular weight excluding hydrogens is 222 g/mol. The second kappa shape index (κ2) is 4.90. The molecule has 0 aliphatic heterocycles. The number of hydrogen-bond acceptors (Lipinski definition) is 2. The molecule has 1 saturated carbocycles. The average Bonchev–Trinajstić information content (AvgIpc) is 3.12. The molecule has 1 aromatic rings. The fourth-order valence-electron chi connectivity index (χ4n) is 2.04. The number of nitrogens with zero attached hydrogens (tertiary/aromatic N) is 1. The lowest BCUT2D eigenvalue weighted by Crippen LogP contribution is -2.29. The molecule has 17 heavy (non-hydrogen) atoms. The van der Waals surface area contributed by atoms with E-state index in [1.165, 1.54) is 6.07 Å². The van der Waals surface area contributed by atoms with Gasteiger partial charge in [0.1, 0.15) is 0 Å². The summed E-state index contributed by atoms with van der Waals surface area (Å²) in [7, 11) is 0. The molecular formula is C13H18F2N2. The van der Waals surface area contributed by atoms with Crippen LogP contribution in [0.2, 0.25) is 0 Å². The summed E-state index contributed by atoms with van der Waals surface area (Å²) in [6.45, 7) is 2.82. The van der Waals surface area contributed by atoms with Crippen molar-refractivity contribution >= 4 is 11.4 Å². The Bertz CT molecular complexity index is 403. The number of nitrogen functional groups attached to an aromatic ring is 1. The van der Waals surface area contributed by atoms with E-state index in [0.717, 1.165) is 38.3 Å². The molecule has 0 spiro atoms. The van der Waals surface area contributed by atoms with Crippen LogP contribution in [0.15, 0.2) is 12.1 Å². The van der Waals surface area contributed by atoms with Crippen molar-refractivity contribution in [3.05, 3.63) is 23.8 Å². The molecule has 0 saturated heterocycles. The van der Waals surface area contributed by atoms with Gasteiger partial charge in [0, 0.05) is 12.6 Å². The van der Waals surface area contributed by atoms with Crippen molar-refractivity contribution in [3.63, 3.8) is 0 Å². The van der Waals surface area contributed by atoms with E-state index in [1.54, 1.807) is 0 Å². The highest BCUT2D eigenvalue weighted by Gasteiger charge is 2.32. The summed E-state index contributed by atoms with van der Waals surface area (Å²) < 4.78 is 27.1. The van der Waals surface area contributed by atoms with E-state index in [0.29, 0.717) is 11.7 Å². The van der Waals surface area contributed by atoms with E-state index in [2.05, 4.69) is 6.92 Å². The lowest BCUT2D eigenvalue weighted by Gasteiger charge is -2.26. The maximum Gasteiger partial charge on any atom is 0.184 e. The summed E-state index contributed by atoms with van der Waals surface area (Å²) in [5.74, 6) is -1.63.